The van der Waals surface area contributed by atoms with E-state index < -0.39 is 0 Å². The Morgan fingerprint density at radius 1 is 1.11 bits per heavy atom. The SMILES string of the molecule is O=C(CBr)Nn1cccc1C(=O)c1ccccc1. The molecule has 2 aromatic rings. The van der Waals surface area contributed by atoms with E-state index in [-0.39, 0.29) is 17.0 Å². The van der Waals surface area contributed by atoms with E-state index in [1.54, 1.807) is 42.6 Å². The number of nitrogens with zero attached hydrogens (tertiary/aromatic N) is 1. The van der Waals surface area contributed by atoms with Gasteiger partial charge >= 0.3 is 0 Å². The third kappa shape index (κ3) is 2.68. The van der Waals surface area contributed by atoms with Crippen LogP contribution >= 0.6 is 15.9 Å². The van der Waals surface area contributed by atoms with Crippen LogP contribution in [0, 0.1) is 0 Å². The zero-order valence-corrected chi connectivity index (χ0v) is 11.1. The summed E-state index contributed by atoms with van der Waals surface area (Å²) in [5, 5.41) is 0.185. The first-order chi connectivity index (χ1) is 8.72. The van der Waals surface area contributed by atoms with Crippen molar-refractivity contribution in [3.63, 3.8) is 0 Å². The highest BCUT2D eigenvalue weighted by Gasteiger charge is 2.13. The van der Waals surface area contributed by atoms with Crippen molar-refractivity contribution in [2.75, 3.05) is 10.8 Å². The molecule has 0 saturated carbocycles. The molecule has 0 aliphatic rings. The highest BCUT2D eigenvalue weighted by molar-refractivity contribution is 9.09. The van der Waals surface area contributed by atoms with E-state index in [1.807, 2.05) is 6.07 Å². The fourth-order valence-corrected chi connectivity index (χ4v) is 1.69. The number of halogens is 1. The van der Waals surface area contributed by atoms with E-state index in [2.05, 4.69) is 21.4 Å². The van der Waals surface area contributed by atoms with E-state index in [9.17, 15) is 9.59 Å². The quantitative estimate of drug-likeness (QED) is 0.695. The van der Waals surface area contributed by atoms with Gasteiger partial charge in [0.25, 0.3) is 0 Å². The van der Waals surface area contributed by atoms with Gasteiger partial charge in [0.15, 0.2) is 0 Å². The van der Waals surface area contributed by atoms with Crippen LogP contribution in [-0.4, -0.2) is 21.7 Å². The monoisotopic (exact) mass is 306 g/mol. The predicted octanol–water partition coefficient (Wildman–Crippen LogP) is 2.18. The van der Waals surface area contributed by atoms with Gasteiger partial charge in [-0.25, -0.2) is 0 Å². The maximum atomic E-state index is 12.2. The van der Waals surface area contributed by atoms with Crippen LogP contribution < -0.4 is 5.43 Å². The van der Waals surface area contributed by atoms with Gasteiger partial charge in [-0.1, -0.05) is 46.3 Å². The number of ketones is 1. The molecule has 0 radical (unpaired) electrons. The van der Waals surface area contributed by atoms with Gasteiger partial charge in [0.2, 0.25) is 11.7 Å². The van der Waals surface area contributed by atoms with Crippen molar-refractivity contribution in [2.24, 2.45) is 0 Å². The van der Waals surface area contributed by atoms with Crippen LogP contribution in [-0.2, 0) is 4.79 Å². The molecule has 1 aromatic heterocycles. The summed E-state index contributed by atoms with van der Waals surface area (Å²) in [4.78, 5) is 23.5. The van der Waals surface area contributed by atoms with Crippen LogP contribution in [0.1, 0.15) is 16.1 Å². The van der Waals surface area contributed by atoms with Crippen LogP contribution in [0.15, 0.2) is 48.7 Å². The fourth-order valence-electron chi connectivity index (χ4n) is 1.57. The molecule has 18 heavy (non-hydrogen) atoms. The smallest absolute Gasteiger partial charge is 0.249 e. The molecule has 1 N–H and O–H groups in total. The number of carbonyl (C=O) groups excluding carboxylic acids is 2. The lowest BCUT2D eigenvalue weighted by atomic mass is 10.1. The van der Waals surface area contributed by atoms with Crippen molar-refractivity contribution in [3.8, 4) is 0 Å². The maximum Gasteiger partial charge on any atom is 0.249 e. The second-order valence-electron chi connectivity index (χ2n) is 3.63. The fraction of sp³-hybridized carbons (Fsp3) is 0.0769. The molecule has 1 aromatic carbocycles. The number of benzene rings is 1. The summed E-state index contributed by atoms with van der Waals surface area (Å²) < 4.78 is 1.43. The number of rotatable bonds is 4. The molecule has 0 aliphatic heterocycles. The van der Waals surface area contributed by atoms with E-state index in [0.29, 0.717) is 11.3 Å². The average Bonchev–Trinajstić information content (AvgIpc) is 2.86. The van der Waals surface area contributed by atoms with Crippen molar-refractivity contribution in [1.29, 1.82) is 0 Å². The summed E-state index contributed by atoms with van der Waals surface area (Å²) in [5.74, 6) is -0.344. The lowest BCUT2D eigenvalue weighted by molar-refractivity contribution is -0.114. The third-order valence-corrected chi connectivity index (χ3v) is 2.89. The van der Waals surface area contributed by atoms with Crippen LogP contribution in [0.2, 0.25) is 0 Å². The molecular formula is C13H11BrN2O2. The summed E-state index contributed by atoms with van der Waals surface area (Å²) >= 11 is 3.06. The summed E-state index contributed by atoms with van der Waals surface area (Å²) in [6.45, 7) is 0. The topological polar surface area (TPSA) is 51.1 Å². The standard InChI is InChI=1S/C13H11BrN2O2/c14-9-12(17)15-16-8-4-7-11(16)13(18)10-5-2-1-3-6-10/h1-8H,9H2,(H,15,17). The molecule has 1 amide bonds. The Kier molecular flexibility index (Phi) is 3.94. The Labute approximate surface area is 113 Å². The molecule has 1 heterocycles. The Balaban J connectivity index is 2.27. The first-order valence-electron chi connectivity index (χ1n) is 5.35. The van der Waals surface area contributed by atoms with E-state index in [4.69, 9.17) is 0 Å². The molecule has 0 saturated heterocycles. The molecule has 4 nitrogen and oxygen atoms in total. The van der Waals surface area contributed by atoms with Crippen LogP contribution in [0.5, 0.6) is 0 Å². The molecule has 0 aliphatic carbocycles. The minimum absolute atomic E-state index is 0.129. The number of carbonyl (C=O) groups is 2. The van der Waals surface area contributed by atoms with E-state index in [1.165, 1.54) is 4.68 Å². The molecule has 0 bridgehead atoms. The molecule has 0 fully saturated rings. The minimum Gasteiger partial charge on any atom is -0.287 e. The normalized spacial score (nSPS) is 10.1. The van der Waals surface area contributed by atoms with Crippen molar-refractivity contribution < 1.29 is 9.59 Å². The van der Waals surface area contributed by atoms with Gasteiger partial charge in [-0.05, 0) is 12.1 Å². The number of aromatic nitrogens is 1. The minimum atomic E-state index is -0.215. The van der Waals surface area contributed by atoms with Gasteiger partial charge in [0.1, 0.15) is 5.69 Å². The zero-order valence-electron chi connectivity index (χ0n) is 9.47. The second kappa shape index (κ2) is 5.64. The first kappa shape index (κ1) is 12.6. The Bertz CT molecular complexity index is 563. The summed E-state index contributed by atoms with van der Waals surface area (Å²) in [6, 6.07) is 12.3. The number of alkyl halides is 1. The van der Waals surface area contributed by atoms with Gasteiger partial charge in [0, 0.05) is 11.8 Å². The zero-order chi connectivity index (χ0) is 13.0. The molecule has 5 heteroatoms. The van der Waals surface area contributed by atoms with E-state index >= 15 is 0 Å². The van der Waals surface area contributed by atoms with Crippen LogP contribution in [0.3, 0.4) is 0 Å². The molecule has 92 valence electrons. The number of hydrogen-bond acceptors (Lipinski definition) is 2. The molecule has 0 atom stereocenters. The third-order valence-electron chi connectivity index (χ3n) is 2.38. The summed E-state index contributed by atoms with van der Waals surface area (Å²) in [6.07, 6.45) is 1.64. The first-order valence-corrected chi connectivity index (χ1v) is 6.47. The second-order valence-corrected chi connectivity index (χ2v) is 4.19. The van der Waals surface area contributed by atoms with Crippen molar-refractivity contribution in [3.05, 3.63) is 59.9 Å². The average molecular weight is 307 g/mol. The molecule has 2 rings (SSSR count). The van der Waals surface area contributed by atoms with Gasteiger partial charge in [-0.15, -0.1) is 0 Å². The molecular weight excluding hydrogens is 296 g/mol. The Hall–Kier alpha value is -1.88. The highest BCUT2D eigenvalue weighted by Crippen LogP contribution is 2.09. The molecule has 0 unspecified atom stereocenters. The van der Waals surface area contributed by atoms with Gasteiger partial charge < -0.3 is 0 Å². The highest BCUT2D eigenvalue weighted by atomic mass is 79.9. The number of nitrogens with one attached hydrogen (secondary N) is 1. The maximum absolute atomic E-state index is 12.2. The van der Waals surface area contributed by atoms with Crippen LogP contribution in [0.4, 0.5) is 0 Å². The van der Waals surface area contributed by atoms with Crippen LogP contribution in [0.25, 0.3) is 0 Å². The van der Waals surface area contributed by atoms with Gasteiger partial charge in [-0.3, -0.25) is 19.7 Å². The number of hydrogen-bond donors (Lipinski definition) is 1. The van der Waals surface area contributed by atoms with Gasteiger partial charge in [-0.2, -0.15) is 0 Å². The Morgan fingerprint density at radius 3 is 2.50 bits per heavy atom. The lowest BCUT2D eigenvalue weighted by Gasteiger charge is -2.09. The van der Waals surface area contributed by atoms with Crippen molar-refractivity contribution in [1.82, 2.24) is 4.68 Å². The van der Waals surface area contributed by atoms with Gasteiger partial charge in [0.05, 0.1) is 5.33 Å². The largest absolute Gasteiger partial charge is 0.287 e. The summed E-state index contributed by atoms with van der Waals surface area (Å²) in [5.41, 5.74) is 3.62. The van der Waals surface area contributed by atoms with Crippen molar-refractivity contribution >= 4 is 27.6 Å². The predicted molar refractivity (Wildman–Crippen MR) is 72.5 cm³/mol. The Morgan fingerprint density at radius 2 is 1.83 bits per heavy atom. The van der Waals surface area contributed by atoms with Crippen molar-refractivity contribution in [2.45, 2.75) is 0 Å². The lowest BCUT2D eigenvalue weighted by Crippen LogP contribution is -2.26. The number of amides is 1. The molecule has 0 spiro atoms. The summed E-state index contributed by atoms with van der Waals surface area (Å²) in [7, 11) is 0. The van der Waals surface area contributed by atoms with E-state index in [0.717, 1.165) is 0 Å².